The van der Waals surface area contributed by atoms with Crippen LogP contribution < -0.4 is 14.7 Å². The number of piperidine rings is 3. The molecule has 0 radical (unpaired) electrons. The first kappa shape index (κ1) is 68.1. The number of hydrogen-bond donors (Lipinski definition) is 3. The average Bonchev–Trinajstić information content (AvgIpc) is 0.838. The highest BCUT2D eigenvalue weighted by Gasteiger charge is 2.42. The van der Waals surface area contributed by atoms with Gasteiger partial charge in [-0.3, -0.25) is 14.7 Å². The second-order valence-corrected chi connectivity index (χ2v) is 31.7. The standard InChI is InChI=1S/2C19H17BrCl2N2O5S.C19H17Cl3N2O5S/c20-12-1-2-16-11(7-12)10-29-19(26)24(16)14-3-5-23(6-4-14)30(27,28)17-9-13(21)8-15(22)18(17)25;20-12-1-2-17-11(7-12)10-29-19(26)24(17)13-3-5-23(6-4-13)30(27,28)14-8-15(21)18(25)16(22)9-14;20-12-1-2-16-11(7-12)10-29-19(26)24(16)14-3-5-23(6-4-14)30(27,28)17-9-13(21)8-15(22)18(17)25/h1-2,7-9,14,25H,3-6,10H2;1-2,7-9,13,25H,3-6,10H2;1-2,7-9,14,25H,3-6,10H2. The maximum Gasteiger partial charge on any atom is 0.414 e. The van der Waals surface area contributed by atoms with Crippen LogP contribution in [0, 0.1) is 0 Å². The first-order chi connectivity index (χ1) is 42.5. The number of amides is 3. The molecule has 21 nitrogen and oxygen atoms in total. The number of sulfonamides is 3. The minimum atomic E-state index is -4.01. The zero-order valence-corrected chi connectivity index (χ0v) is 57.5. The molecule has 0 unspecified atom stereocenters. The molecule has 0 saturated carbocycles. The summed E-state index contributed by atoms with van der Waals surface area (Å²) in [5.41, 5.74) is 4.86. The van der Waals surface area contributed by atoms with E-state index in [1.54, 1.807) is 32.9 Å². The molecule has 6 heterocycles. The Kier molecular flexibility index (Phi) is 20.9. The Hall–Kier alpha value is -4.75. The van der Waals surface area contributed by atoms with Gasteiger partial charge in [0.05, 0.1) is 42.0 Å². The predicted octanol–water partition coefficient (Wildman–Crippen LogP) is 14.2. The number of phenols is 3. The summed E-state index contributed by atoms with van der Waals surface area (Å²) in [6.45, 7) is 1.65. The van der Waals surface area contributed by atoms with Gasteiger partial charge in [-0.05, 0) is 130 Å². The van der Waals surface area contributed by atoms with Crippen LogP contribution in [0.4, 0.5) is 31.4 Å². The molecule has 3 N–H and O–H groups in total. The van der Waals surface area contributed by atoms with Crippen LogP contribution in [0.1, 0.15) is 55.2 Å². The van der Waals surface area contributed by atoms with Gasteiger partial charge < -0.3 is 29.5 Å². The topological polar surface area (TPSA) is 261 Å². The molecule has 6 aliphatic heterocycles. The van der Waals surface area contributed by atoms with Gasteiger partial charge in [0.1, 0.15) is 29.6 Å². The lowest BCUT2D eigenvalue weighted by atomic mass is 10.0. The van der Waals surface area contributed by atoms with Crippen molar-refractivity contribution in [2.24, 2.45) is 0 Å². The van der Waals surface area contributed by atoms with Crippen molar-refractivity contribution in [3.63, 3.8) is 0 Å². The Balaban J connectivity index is 0.000000148. The fourth-order valence-corrected chi connectivity index (χ4v) is 18.9. The number of fused-ring (bicyclic) bond motifs is 3. The minimum absolute atomic E-state index is 0.0821. The summed E-state index contributed by atoms with van der Waals surface area (Å²) >= 11 is 48.3. The molecule has 3 saturated heterocycles. The maximum atomic E-state index is 13.0. The molecule has 6 aliphatic rings. The van der Waals surface area contributed by atoms with Gasteiger partial charge in [0, 0.05) is 98.1 Å². The number of halogens is 9. The number of benzene rings is 6. The molecule has 3 amide bonds. The monoisotopic (exact) mass is 1560 g/mol. The second-order valence-electron chi connectivity index (χ2n) is 21.2. The quantitative estimate of drug-likeness (QED) is 0.114. The van der Waals surface area contributed by atoms with E-state index in [2.05, 4.69) is 31.9 Å². The molecular formula is C57H51Br2Cl7N6O15S3. The summed E-state index contributed by atoms with van der Waals surface area (Å²) in [6.07, 6.45) is 1.18. The molecule has 3 fully saturated rings. The number of aromatic hydroxyl groups is 3. The van der Waals surface area contributed by atoms with Gasteiger partial charge in [-0.1, -0.05) is 113 Å². The lowest BCUT2D eigenvalue weighted by molar-refractivity contribution is 0.135. The normalized spacial score (nSPS) is 18.2. The lowest BCUT2D eigenvalue weighted by Crippen LogP contribution is -2.50. The fourth-order valence-electron chi connectivity index (χ4n) is 11.3. The van der Waals surface area contributed by atoms with Gasteiger partial charge in [-0.2, -0.15) is 12.9 Å². The first-order valence-electron chi connectivity index (χ1n) is 27.3. The number of carbonyl (C=O) groups is 3. The maximum absolute atomic E-state index is 13.0. The van der Waals surface area contributed by atoms with E-state index in [0.29, 0.717) is 43.5 Å². The average molecular weight is 1560 g/mol. The molecule has 480 valence electrons. The van der Waals surface area contributed by atoms with Crippen LogP contribution in [0.2, 0.25) is 35.2 Å². The van der Waals surface area contributed by atoms with Crippen molar-refractivity contribution >= 4 is 178 Å². The van der Waals surface area contributed by atoms with Gasteiger partial charge in [-0.25, -0.2) is 39.6 Å². The van der Waals surface area contributed by atoms with Crippen molar-refractivity contribution in [1.29, 1.82) is 0 Å². The van der Waals surface area contributed by atoms with Crippen molar-refractivity contribution in [3.8, 4) is 17.2 Å². The van der Waals surface area contributed by atoms with E-state index < -0.39 is 59.8 Å². The summed E-state index contributed by atoms with van der Waals surface area (Å²) in [7, 11) is -11.9. The fraction of sp³-hybridized carbons (Fsp3) is 0.316. The van der Waals surface area contributed by atoms with E-state index in [1.807, 2.05) is 36.4 Å². The minimum Gasteiger partial charge on any atom is -0.505 e. The molecular weight excluding hydrogens is 1510 g/mol. The Morgan fingerprint density at radius 2 is 0.700 bits per heavy atom. The Morgan fingerprint density at radius 1 is 0.389 bits per heavy atom. The van der Waals surface area contributed by atoms with E-state index in [1.165, 1.54) is 49.3 Å². The van der Waals surface area contributed by atoms with Crippen LogP contribution in [-0.4, -0.2) is 129 Å². The smallest absolute Gasteiger partial charge is 0.414 e. The van der Waals surface area contributed by atoms with Gasteiger partial charge in [0.15, 0.2) is 17.2 Å². The number of hydrogen-bond acceptors (Lipinski definition) is 15. The zero-order valence-electron chi connectivity index (χ0n) is 46.5. The zero-order chi connectivity index (χ0) is 64.9. The highest BCUT2D eigenvalue weighted by molar-refractivity contribution is 9.10. The van der Waals surface area contributed by atoms with Crippen molar-refractivity contribution in [1.82, 2.24) is 12.9 Å². The molecule has 0 aromatic heterocycles. The Morgan fingerprint density at radius 3 is 1.06 bits per heavy atom. The van der Waals surface area contributed by atoms with Crippen molar-refractivity contribution in [3.05, 3.63) is 152 Å². The highest BCUT2D eigenvalue weighted by Crippen LogP contribution is 2.43. The number of rotatable bonds is 9. The van der Waals surface area contributed by atoms with Gasteiger partial charge in [0.25, 0.3) is 0 Å². The van der Waals surface area contributed by atoms with Crippen molar-refractivity contribution in [2.75, 3.05) is 54.0 Å². The van der Waals surface area contributed by atoms with E-state index in [-0.39, 0.29) is 128 Å². The van der Waals surface area contributed by atoms with Crippen LogP contribution in [0.5, 0.6) is 17.2 Å². The van der Waals surface area contributed by atoms with Gasteiger partial charge >= 0.3 is 18.3 Å². The highest BCUT2D eigenvalue weighted by atomic mass is 79.9. The number of carbonyl (C=O) groups excluding carboxylic acids is 3. The third-order valence-electron chi connectivity index (χ3n) is 15.8. The number of phenolic OH excluding ortho intramolecular Hbond substituents is 3. The molecule has 12 rings (SSSR count). The summed E-state index contributed by atoms with van der Waals surface area (Å²) in [4.78, 5) is 41.4. The van der Waals surface area contributed by atoms with E-state index in [9.17, 15) is 55.0 Å². The van der Waals surface area contributed by atoms with Crippen LogP contribution in [0.15, 0.2) is 115 Å². The van der Waals surface area contributed by atoms with Gasteiger partial charge in [-0.15, -0.1) is 0 Å². The molecule has 6 aromatic carbocycles. The third-order valence-corrected chi connectivity index (χ3v) is 24.3. The molecule has 0 atom stereocenters. The molecule has 0 aliphatic carbocycles. The number of anilines is 3. The van der Waals surface area contributed by atoms with E-state index >= 15 is 0 Å². The number of cyclic esters (lactones) is 3. The molecule has 6 aromatic rings. The SMILES string of the molecule is O=C1OCc2cc(Br)ccc2N1C1CCN(S(=O)(=O)c2cc(Cl)c(O)c(Cl)c2)CC1.O=C1OCc2cc(Br)ccc2N1C1CCN(S(=O)(=O)c2cc(Cl)cc(Cl)c2O)CC1.O=C1OCc2cc(Cl)ccc2N1C1CCN(S(=O)(=O)c2cc(Cl)cc(Cl)c2O)CC1. The third kappa shape index (κ3) is 14.2. The summed E-state index contributed by atoms with van der Waals surface area (Å²) in [6, 6.07) is 23.1. The summed E-state index contributed by atoms with van der Waals surface area (Å²) in [5, 5.41) is 30.2. The van der Waals surface area contributed by atoms with Crippen molar-refractivity contribution < 1.29 is 69.2 Å². The Bertz CT molecular complexity index is 4000. The Labute approximate surface area is 569 Å². The largest absolute Gasteiger partial charge is 0.505 e. The number of nitrogens with zero attached hydrogens (tertiary/aromatic N) is 6. The predicted molar refractivity (Wildman–Crippen MR) is 347 cm³/mol. The van der Waals surface area contributed by atoms with Crippen LogP contribution >= 0.6 is 113 Å². The molecule has 0 bridgehead atoms. The molecule has 90 heavy (non-hydrogen) atoms. The summed E-state index contributed by atoms with van der Waals surface area (Å²) in [5.74, 6) is -1.42. The van der Waals surface area contributed by atoms with Crippen LogP contribution in [0.25, 0.3) is 0 Å². The molecule has 0 spiro atoms. The van der Waals surface area contributed by atoms with E-state index in [0.717, 1.165) is 42.7 Å². The molecule has 33 heteroatoms. The number of ether oxygens (including phenoxy) is 3. The van der Waals surface area contributed by atoms with Gasteiger partial charge in [0.2, 0.25) is 30.1 Å². The lowest BCUT2D eigenvalue weighted by Gasteiger charge is -2.39. The van der Waals surface area contributed by atoms with Crippen LogP contribution in [-0.2, 0) is 64.1 Å². The van der Waals surface area contributed by atoms with Crippen LogP contribution in [0.3, 0.4) is 0 Å². The van der Waals surface area contributed by atoms with Crippen molar-refractivity contribution in [2.45, 2.75) is 91.2 Å². The first-order valence-corrected chi connectivity index (χ1v) is 35.9. The second kappa shape index (κ2) is 27.7. The van der Waals surface area contributed by atoms with E-state index in [4.69, 9.17) is 95.4 Å². The summed E-state index contributed by atoms with van der Waals surface area (Å²) < 4.78 is 99.6.